The smallest absolute Gasteiger partial charge is 0.353 e. The van der Waals surface area contributed by atoms with E-state index >= 15 is 0 Å². The number of carbonyl (C=O) groups is 2. The van der Waals surface area contributed by atoms with Gasteiger partial charge in [0.05, 0.1) is 5.56 Å². The second kappa shape index (κ2) is 11.0. The summed E-state index contributed by atoms with van der Waals surface area (Å²) < 4.78 is 51.6. The van der Waals surface area contributed by atoms with Crippen molar-refractivity contribution < 1.29 is 27.2 Å². The van der Waals surface area contributed by atoms with Crippen LogP contribution in [0.15, 0.2) is 48.5 Å². The molecule has 2 aliphatic rings. The fraction of sp³-hybridized carbons (Fsp3) is 0.462. The molecule has 2 amide bonds. The first-order chi connectivity index (χ1) is 17.1. The zero-order valence-corrected chi connectivity index (χ0v) is 20.0. The van der Waals surface area contributed by atoms with Gasteiger partial charge in [0.25, 0.3) is 0 Å². The Labute approximate surface area is 207 Å². The summed E-state index contributed by atoms with van der Waals surface area (Å²) in [5, 5.41) is 5.84. The van der Waals surface area contributed by atoms with Gasteiger partial charge in [0.2, 0.25) is 11.8 Å². The van der Waals surface area contributed by atoms with Crippen molar-refractivity contribution in [1.29, 1.82) is 0 Å². The molecule has 36 heavy (non-hydrogen) atoms. The summed E-state index contributed by atoms with van der Waals surface area (Å²) in [5.41, 5.74) is 0.838. The lowest BCUT2D eigenvalue weighted by molar-refractivity contribution is -0.137. The Bertz CT molecular complexity index is 1060. The van der Waals surface area contributed by atoms with Crippen molar-refractivity contribution in [2.24, 2.45) is 0 Å². The number of fused-ring (bicyclic) bond motifs is 1. The van der Waals surface area contributed by atoms with E-state index in [0.717, 1.165) is 29.7 Å². The zero-order valence-electron chi connectivity index (χ0n) is 20.0. The summed E-state index contributed by atoms with van der Waals surface area (Å²) in [6.07, 6.45) is -2.77. The van der Waals surface area contributed by atoms with Gasteiger partial charge in [-0.25, -0.2) is 4.39 Å². The molecule has 2 heterocycles. The third kappa shape index (κ3) is 6.22. The van der Waals surface area contributed by atoms with E-state index in [2.05, 4.69) is 15.5 Å². The van der Waals surface area contributed by atoms with Gasteiger partial charge in [-0.15, -0.1) is 0 Å². The number of nitrogens with zero attached hydrogens (tertiary/aromatic N) is 2. The number of hydrogen-bond acceptors (Lipinski definition) is 4. The Balaban J connectivity index is 1.32. The Morgan fingerprint density at radius 2 is 1.75 bits per heavy atom. The van der Waals surface area contributed by atoms with Crippen LogP contribution in [0.1, 0.15) is 36.0 Å². The lowest BCUT2D eigenvalue weighted by atomic mass is 10.0. The largest absolute Gasteiger partial charge is 0.416 e. The Kier molecular flexibility index (Phi) is 7.94. The summed E-state index contributed by atoms with van der Waals surface area (Å²) in [7, 11) is 1.96. The molecule has 0 aromatic heterocycles. The minimum atomic E-state index is -4.38. The van der Waals surface area contributed by atoms with Gasteiger partial charge in [-0.05, 0) is 55.3 Å². The van der Waals surface area contributed by atoms with Crippen LogP contribution in [0.4, 0.5) is 17.6 Å². The number of rotatable bonds is 7. The van der Waals surface area contributed by atoms with Gasteiger partial charge in [0.1, 0.15) is 11.9 Å². The molecule has 2 fully saturated rings. The molecule has 2 saturated heterocycles. The van der Waals surface area contributed by atoms with Crippen molar-refractivity contribution in [3.8, 4) is 0 Å². The van der Waals surface area contributed by atoms with Crippen molar-refractivity contribution in [3.05, 3.63) is 71.0 Å². The van der Waals surface area contributed by atoms with Gasteiger partial charge in [-0.1, -0.05) is 24.3 Å². The van der Waals surface area contributed by atoms with Crippen LogP contribution in [0.3, 0.4) is 0 Å². The molecule has 3 atom stereocenters. The average molecular weight is 507 g/mol. The van der Waals surface area contributed by atoms with Crippen molar-refractivity contribution in [3.63, 3.8) is 0 Å². The third-order valence-electron chi connectivity index (χ3n) is 7.12. The Hall–Kier alpha value is -2.98. The molecule has 10 heteroatoms. The molecule has 6 nitrogen and oxygen atoms in total. The summed E-state index contributed by atoms with van der Waals surface area (Å²) in [6, 6.07) is 10.5. The van der Waals surface area contributed by atoms with Crippen molar-refractivity contribution >= 4 is 11.8 Å². The van der Waals surface area contributed by atoms with Gasteiger partial charge in [-0.3, -0.25) is 19.4 Å². The maximum atomic E-state index is 13.0. The first-order valence-corrected chi connectivity index (χ1v) is 12.0. The lowest BCUT2D eigenvalue weighted by Crippen LogP contribution is -2.49. The van der Waals surface area contributed by atoms with Crippen molar-refractivity contribution in [1.82, 2.24) is 20.4 Å². The van der Waals surface area contributed by atoms with Crippen LogP contribution in [0.5, 0.6) is 0 Å². The number of carbonyl (C=O) groups excluding carboxylic acids is 2. The fourth-order valence-electron chi connectivity index (χ4n) is 5.05. The number of nitrogens with one attached hydrogen (secondary N) is 2. The molecule has 0 aliphatic carbocycles. The van der Waals surface area contributed by atoms with E-state index in [-0.39, 0.29) is 29.7 Å². The molecule has 0 radical (unpaired) electrons. The molecule has 194 valence electrons. The normalized spacial score (nSPS) is 23.1. The van der Waals surface area contributed by atoms with Crippen LogP contribution in [-0.2, 0) is 28.9 Å². The molecule has 3 unspecified atom stereocenters. The molecule has 2 aromatic rings. The van der Waals surface area contributed by atoms with Crippen LogP contribution in [-0.4, -0.2) is 59.9 Å². The summed E-state index contributed by atoms with van der Waals surface area (Å²) in [5.74, 6) is -0.540. The lowest BCUT2D eigenvalue weighted by Gasteiger charge is -2.33. The molecule has 2 aromatic carbocycles. The first-order valence-electron chi connectivity index (χ1n) is 12.0. The van der Waals surface area contributed by atoms with Crippen LogP contribution in [0, 0.1) is 5.82 Å². The number of alkyl halides is 3. The number of halogens is 4. The predicted molar refractivity (Wildman–Crippen MR) is 126 cm³/mol. The monoisotopic (exact) mass is 506 g/mol. The van der Waals surface area contributed by atoms with Crippen LogP contribution >= 0.6 is 0 Å². The van der Waals surface area contributed by atoms with Crippen LogP contribution in [0.25, 0.3) is 0 Å². The van der Waals surface area contributed by atoms with Crippen LogP contribution < -0.4 is 10.6 Å². The zero-order chi connectivity index (χ0) is 25.9. The second-order valence-corrected chi connectivity index (χ2v) is 9.47. The maximum Gasteiger partial charge on any atom is 0.416 e. The summed E-state index contributed by atoms with van der Waals surface area (Å²) in [6.45, 7) is 1.78. The topological polar surface area (TPSA) is 64.7 Å². The molecular weight excluding hydrogens is 476 g/mol. The van der Waals surface area contributed by atoms with Gasteiger partial charge >= 0.3 is 6.18 Å². The van der Waals surface area contributed by atoms with Crippen molar-refractivity contribution in [2.45, 2.75) is 56.7 Å². The number of hydrogen-bond donors (Lipinski definition) is 2. The standard InChI is InChI=1S/C26H30F4N4O2/c1-33-21(10-11-23(35)31-14-17-4-8-20(27)9-5-17)15-32-25(36)24-22(33)12-13-34(24)16-18-2-6-19(7-3-18)26(28,29)30/h2-9,21-22,24H,10-16H2,1H3,(H,31,35)(H,32,36). The van der Waals surface area contributed by atoms with Gasteiger partial charge in [0, 0.05) is 44.7 Å². The molecule has 2 N–H and O–H groups in total. The molecular formula is C26H30F4N4O2. The van der Waals surface area contributed by atoms with E-state index in [4.69, 9.17) is 0 Å². The first kappa shape index (κ1) is 26.1. The predicted octanol–water partition coefficient (Wildman–Crippen LogP) is 3.31. The minimum absolute atomic E-state index is 0.0217. The van der Waals surface area contributed by atoms with E-state index in [0.29, 0.717) is 39.0 Å². The van der Waals surface area contributed by atoms with E-state index in [1.54, 1.807) is 12.1 Å². The molecule has 0 spiro atoms. The number of likely N-dealkylation sites (tertiary alicyclic amines) is 1. The fourth-order valence-corrected chi connectivity index (χ4v) is 5.05. The van der Waals surface area contributed by atoms with Crippen molar-refractivity contribution in [2.75, 3.05) is 20.1 Å². The number of amides is 2. The summed E-state index contributed by atoms with van der Waals surface area (Å²) >= 11 is 0. The van der Waals surface area contributed by atoms with E-state index in [1.165, 1.54) is 24.3 Å². The highest BCUT2D eigenvalue weighted by atomic mass is 19.4. The van der Waals surface area contributed by atoms with Gasteiger partial charge in [-0.2, -0.15) is 13.2 Å². The highest BCUT2D eigenvalue weighted by Crippen LogP contribution is 2.31. The summed E-state index contributed by atoms with van der Waals surface area (Å²) in [4.78, 5) is 29.5. The number of likely N-dealkylation sites (N-methyl/N-ethyl adjacent to an activating group) is 1. The van der Waals surface area contributed by atoms with E-state index in [9.17, 15) is 27.2 Å². The van der Waals surface area contributed by atoms with E-state index in [1.807, 2.05) is 11.9 Å². The average Bonchev–Trinajstić information content (AvgIpc) is 3.21. The Morgan fingerprint density at radius 1 is 1.08 bits per heavy atom. The third-order valence-corrected chi connectivity index (χ3v) is 7.12. The maximum absolute atomic E-state index is 13.0. The minimum Gasteiger partial charge on any atom is -0.353 e. The second-order valence-electron chi connectivity index (χ2n) is 9.47. The van der Waals surface area contributed by atoms with Gasteiger partial charge < -0.3 is 10.6 Å². The van der Waals surface area contributed by atoms with E-state index < -0.39 is 17.8 Å². The molecule has 2 aliphatic heterocycles. The number of benzene rings is 2. The van der Waals surface area contributed by atoms with Gasteiger partial charge in [0.15, 0.2) is 0 Å². The Morgan fingerprint density at radius 3 is 2.42 bits per heavy atom. The highest BCUT2D eigenvalue weighted by Gasteiger charge is 2.45. The molecule has 0 saturated carbocycles. The van der Waals surface area contributed by atoms with Crippen LogP contribution in [0.2, 0.25) is 0 Å². The SMILES string of the molecule is CN1C(CCC(=O)NCc2ccc(F)cc2)CNC(=O)C2C1CCN2Cc1ccc(C(F)(F)F)cc1. The highest BCUT2D eigenvalue weighted by molar-refractivity contribution is 5.83. The molecule has 0 bridgehead atoms. The molecule has 4 rings (SSSR count). The quantitative estimate of drug-likeness (QED) is 0.566.